The number of hydrogen-bond donors (Lipinski definition) is 1. The van der Waals surface area contributed by atoms with Crippen LogP contribution in [0.1, 0.15) is 0 Å². The van der Waals surface area contributed by atoms with Gasteiger partial charge < -0.3 is 14.2 Å². The van der Waals surface area contributed by atoms with Gasteiger partial charge in [0.25, 0.3) is 0 Å². The second kappa shape index (κ2) is 11.1. The number of phenolic OH excluding ortho intramolecular Hbond substituents is 1. The molecule has 5 nitrogen and oxygen atoms in total. The molecule has 222 valence electrons. The standard InChI is InChI=1S/C40H25N4O.Pt/c45-36-19-11-10-18-29(36)31-21-23-35-40(42-31)38-33(44(35)28-16-8-3-9-17-28)25-24-32-37(38)39-34(43(32)27-14-6-2-7-15-27)22-20-30(41-39)26-12-4-1-5-13-26;/h1-12,14-25,45H;/q-1;. The number of hydrogen-bond acceptors (Lipinski definition) is 3. The molecular weight excluding hydrogens is 748 g/mol. The largest absolute Gasteiger partial charge is 0.507 e. The zero-order valence-corrected chi connectivity index (χ0v) is 26.7. The first-order chi connectivity index (χ1) is 22.3. The number of benzene rings is 5. The Morgan fingerprint density at radius 2 is 0.978 bits per heavy atom. The summed E-state index contributed by atoms with van der Waals surface area (Å²) in [5, 5.41) is 12.8. The van der Waals surface area contributed by atoms with E-state index in [0.29, 0.717) is 11.3 Å². The van der Waals surface area contributed by atoms with Gasteiger partial charge in [0.15, 0.2) is 0 Å². The van der Waals surface area contributed by atoms with Crippen molar-refractivity contribution in [3.63, 3.8) is 0 Å². The van der Waals surface area contributed by atoms with Gasteiger partial charge >= 0.3 is 0 Å². The minimum atomic E-state index is 0. The summed E-state index contributed by atoms with van der Waals surface area (Å²) < 4.78 is 4.56. The number of para-hydroxylation sites is 3. The molecule has 0 aliphatic rings. The van der Waals surface area contributed by atoms with Crippen molar-refractivity contribution in [3.05, 3.63) is 152 Å². The van der Waals surface area contributed by atoms with E-state index in [4.69, 9.17) is 9.97 Å². The van der Waals surface area contributed by atoms with Crippen LogP contribution in [-0.4, -0.2) is 24.2 Å². The minimum absolute atomic E-state index is 0. The van der Waals surface area contributed by atoms with Gasteiger partial charge in [0.05, 0.1) is 38.8 Å². The smallest absolute Gasteiger partial charge is 0.124 e. The molecule has 0 amide bonds. The SMILES string of the molecule is Oc1ccccc1-c1ccc2c(n1)c1c3c4nc(-c5[c-]cccc5)ccc4n(-c4ccccc4)c3ccc1n2-c1ccccc1.[Pt]. The Hall–Kier alpha value is -5.51. The van der Waals surface area contributed by atoms with Gasteiger partial charge in [0.1, 0.15) is 5.75 Å². The van der Waals surface area contributed by atoms with Crippen LogP contribution in [0.25, 0.3) is 77.8 Å². The number of nitrogens with zero attached hydrogens (tertiary/aromatic N) is 4. The second-order valence-electron chi connectivity index (χ2n) is 11.1. The maximum atomic E-state index is 10.8. The molecule has 9 rings (SSSR count). The summed E-state index contributed by atoms with van der Waals surface area (Å²) in [7, 11) is 0. The van der Waals surface area contributed by atoms with Crippen LogP contribution in [-0.2, 0) is 21.1 Å². The molecule has 0 spiro atoms. The van der Waals surface area contributed by atoms with E-state index in [1.54, 1.807) is 6.07 Å². The van der Waals surface area contributed by atoms with E-state index in [2.05, 4.69) is 94.1 Å². The van der Waals surface area contributed by atoms with Crippen molar-refractivity contribution in [2.45, 2.75) is 0 Å². The molecule has 0 unspecified atom stereocenters. The third-order valence-electron chi connectivity index (χ3n) is 8.54. The number of aromatic nitrogens is 4. The number of phenols is 1. The van der Waals surface area contributed by atoms with Crippen LogP contribution in [0.5, 0.6) is 5.75 Å². The van der Waals surface area contributed by atoms with Crippen LogP contribution >= 0.6 is 0 Å². The molecule has 5 aromatic carbocycles. The fourth-order valence-corrected chi connectivity index (χ4v) is 6.58. The van der Waals surface area contributed by atoms with Crippen molar-refractivity contribution in [2.24, 2.45) is 0 Å². The van der Waals surface area contributed by atoms with E-state index in [1.807, 2.05) is 60.7 Å². The fourth-order valence-electron chi connectivity index (χ4n) is 6.58. The molecule has 46 heavy (non-hydrogen) atoms. The molecule has 0 saturated carbocycles. The first-order valence-corrected chi connectivity index (χ1v) is 14.9. The minimum Gasteiger partial charge on any atom is -0.507 e. The Morgan fingerprint density at radius 1 is 0.478 bits per heavy atom. The van der Waals surface area contributed by atoms with Crippen molar-refractivity contribution in [3.8, 4) is 39.6 Å². The molecular formula is C40H25N4OPt-. The van der Waals surface area contributed by atoms with Crippen molar-refractivity contribution in [2.75, 3.05) is 0 Å². The number of fused-ring (bicyclic) bond motifs is 7. The first kappa shape index (κ1) is 28.0. The zero-order valence-electron chi connectivity index (χ0n) is 24.4. The van der Waals surface area contributed by atoms with Crippen LogP contribution in [0.3, 0.4) is 0 Å². The van der Waals surface area contributed by atoms with Gasteiger partial charge in [-0.15, -0.1) is 35.9 Å². The maximum Gasteiger partial charge on any atom is 0.124 e. The Balaban J connectivity index is 0.00000312. The summed E-state index contributed by atoms with van der Waals surface area (Å²) in [5.41, 5.74) is 11.2. The molecule has 0 atom stereocenters. The quantitative estimate of drug-likeness (QED) is 0.182. The molecule has 4 aromatic heterocycles. The molecule has 0 aliphatic heterocycles. The number of pyridine rings is 2. The summed E-state index contributed by atoms with van der Waals surface area (Å²) in [6.45, 7) is 0. The molecule has 1 N–H and O–H groups in total. The predicted molar refractivity (Wildman–Crippen MR) is 182 cm³/mol. The summed E-state index contributed by atoms with van der Waals surface area (Å²) >= 11 is 0. The Kier molecular flexibility index (Phi) is 6.78. The summed E-state index contributed by atoms with van der Waals surface area (Å²) in [5.74, 6) is 0.201. The summed E-state index contributed by atoms with van der Waals surface area (Å²) in [6, 6.07) is 52.2. The Morgan fingerprint density at radius 3 is 1.54 bits per heavy atom. The Labute approximate surface area is 279 Å². The van der Waals surface area contributed by atoms with Crippen molar-refractivity contribution in [1.82, 2.24) is 19.1 Å². The second-order valence-corrected chi connectivity index (χ2v) is 11.1. The van der Waals surface area contributed by atoms with E-state index in [0.717, 1.165) is 66.5 Å². The normalized spacial score (nSPS) is 11.4. The topological polar surface area (TPSA) is 55.9 Å². The maximum absolute atomic E-state index is 10.8. The Bertz CT molecular complexity index is 2540. The summed E-state index contributed by atoms with van der Waals surface area (Å²) in [4.78, 5) is 10.6. The van der Waals surface area contributed by atoms with Crippen molar-refractivity contribution < 1.29 is 26.2 Å². The van der Waals surface area contributed by atoms with Gasteiger partial charge in [-0.3, -0.25) is 4.98 Å². The molecule has 0 saturated heterocycles. The third kappa shape index (κ3) is 4.27. The molecule has 4 heterocycles. The number of rotatable bonds is 4. The van der Waals surface area contributed by atoms with Gasteiger partial charge in [0.2, 0.25) is 0 Å². The van der Waals surface area contributed by atoms with E-state index < -0.39 is 0 Å². The van der Waals surface area contributed by atoms with Crippen molar-refractivity contribution >= 4 is 43.9 Å². The van der Waals surface area contributed by atoms with Gasteiger partial charge in [-0.1, -0.05) is 54.6 Å². The molecule has 0 aliphatic carbocycles. The molecule has 9 aromatic rings. The van der Waals surface area contributed by atoms with E-state index in [-0.39, 0.29) is 26.8 Å². The predicted octanol–water partition coefficient (Wildman–Crippen LogP) is 9.51. The van der Waals surface area contributed by atoms with Crippen LogP contribution in [0, 0.1) is 6.07 Å². The molecule has 6 heteroatoms. The number of aromatic hydroxyl groups is 1. The van der Waals surface area contributed by atoms with Gasteiger partial charge in [-0.2, -0.15) is 0 Å². The third-order valence-corrected chi connectivity index (χ3v) is 8.54. The van der Waals surface area contributed by atoms with E-state index in [1.165, 1.54) is 0 Å². The fraction of sp³-hybridized carbons (Fsp3) is 0. The van der Waals surface area contributed by atoms with Crippen molar-refractivity contribution in [1.29, 1.82) is 0 Å². The van der Waals surface area contributed by atoms with Crippen LogP contribution in [0.2, 0.25) is 0 Å². The van der Waals surface area contributed by atoms with Crippen LogP contribution in [0.4, 0.5) is 0 Å². The summed E-state index contributed by atoms with van der Waals surface area (Å²) in [6.07, 6.45) is 0. The molecule has 0 fully saturated rings. The zero-order chi connectivity index (χ0) is 29.9. The van der Waals surface area contributed by atoms with Gasteiger partial charge in [-0.05, 0) is 72.4 Å². The monoisotopic (exact) mass is 772 g/mol. The first-order valence-electron chi connectivity index (χ1n) is 14.9. The molecule has 0 radical (unpaired) electrons. The average Bonchev–Trinajstić information content (AvgIpc) is 3.61. The molecule has 0 bridgehead atoms. The van der Waals surface area contributed by atoms with Crippen LogP contribution in [0.15, 0.2) is 146 Å². The van der Waals surface area contributed by atoms with Gasteiger partial charge in [-0.25, -0.2) is 4.98 Å². The average molecular weight is 773 g/mol. The van der Waals surface area contributed by atoms with Gasteiger partial charge in [0, 0.05) is 48.8 Å². The van der Waals surface area contributed by atoms with E-state index in [9.17, 15) is 5.11 Å². The van der Waals surface area contributed by atoms with Crippen LogP contribution < -0.4 is 0 Å². The van der Waals surface area contributed by atoms with E-state index >= 15 is 0 Å².